The molecule has 2 rings (SSSR count). The van der Waals surface area contributed by atoms with Gasteiger partial charge in [0.25, 0.3) is 10.0 Å². The molecule has 0 fully saturated rings. The van der Waals surface area contributed by atoms with Crippen molar-refractivity contribution < 1.29 is 13.2 Å². The summed E-state index contributed by atoms with van der Waals surface area (Å²) in [4.78, 5) is 0.174. The maximum atomic E-state index is 12.6. The number of halogens is 1. The molecule has 0 aliphatic carbocycles. The average molecular weight is 398 g/mol. The summed E-state index contributed by atoms with van der Waals surface area (Å²) >= 11 is 3.38. The van der Waals surface area contributed by atoms with Crippen LogP contribution < -0.4 is 9.46 Å². The van der Waals surface area contributed by atoms with Gasteiger partial charge in [-0.05, 0) is 65.5 Å². The van der Waals surface area contributed by atoms with Crippen molar-refractivity contribution in [2.45, 2.75) is 32.1 Å². The first kappa shape index (κ1) is 17.8. The minimum Gasteiger partial charge on any atom is -0.492 e. The maximum absolute atomic E-state index is 12.6. The molecule has 124 valence electrons. The molecule has 0 aromatic heterocycles. The van der Waals surface area contributed by atoms with E-state index in [0.717, 1.165) is 22.0 Å². The normalized spacial score (nSPS) is 11.3. The van der Waals surface area contributed by atoms with Gasteiger partial charge in [-0.1, -0.05) is 19.1 Å². The summed E-state index contributed by atoms with van der Waals surface area (Å²) in [5.74, 6) is 0.524. The summed E-state index contributed by atoms with van der Waals surface area (Å²) in [6, 6.07) is 10.3. The van der Waals surface area contributed by atoms with Crippen LogP contribution in [0.15, 0.2) is 45.8 Å². The number of ether oxygens (including phenoxy) is 1. The molecule has 0 amide bonds. The van der Waals surface area contributed by atoms with Crippen LogP contribution in [0.25, 0.3) is 0 Å². The minimum absolute atomic E-state index is 0.174. The first-order valence-electron chi connectivity index (χ1n) is 7.36. The van der Waals surface area contributed by atoms with Crippen LogP contribution in [0.3, 0.4) is 0 Å². The second-order valence-corrected chi connectivity index (χ2v) is 7.83. The molecule has 0 aliphatic heterocycles. The van der Waals surface area contributed by atoms with Crippen molar-refractivity contribution in [1.29, 1.82) is 0 Å². The first-order chi connectivity index (χ1) is 10.8. The molecule has 0 saturated heterocycles. The summed E-state index contributed by atoms with van der Waals surface area (Å²) < 4.78 is 34.2. The van der Waals surface area contributed by atoms with Crippen molar-refractivity contribution in [3.05, 3.63) is 52.0 Å². The quantitative estimate of drug-likeness (QED) is 0.770. The third kappa shape index (κ3) is 4.26. The molecule has 0 aliphatic rings. The highest BCUT2D eigenvalue weighted by molar-refractivity contribution is 9.10. The Morgan fingerprint density at radius 1 is 1.17 bits per heavy atom. The molecule has 0 atom stereocenters. The van der Waals surface area contributed by atoms with Crippen molar-refractivity contribution in [3.63, 3.8) is 0 Å². The zero-order chi connectivity index (χ0) is 17.0. The first-order valence-corrected chi connectivity index (χ1v) is 9.64. The molecule has 2 aromatic rings. The van der Waals surface area contributed by atoms with Crippen LogP contribution in [-0.2, 0) is 10.0 Å². The summed E-state index contributed by atoms with van der Waals surface area (Å²) in [7, 11) is -3.67. The van der Waals surface area contributed by atoms with Crippen LogP contribution in [0, 0.1) is 13.8 Å². The molecule has 0 unspecified atom stereocenters. The van der Waals surface area contributed by atoms with E-state index in [4.69, 9.17) is 4.74 Å². The Kier molecular flexibility index (Phi) is 5.70. The lowest BCUT2D eigenvalue weighted by Gasteiger charge is -2.14. The second-order valence-electron chi connectivity index (χ2n) is 5.29. The van der Waals surface area contributed by atoms with Crippen LogP contribution in [0.4, 0.5) is 5.69 Å². The predicted molar refractivity (Wildman–Crippen MR) is 96.7 cm³/mol. The Labute approximate surface area is 146 Å². The predicted octanol–water partition coefficient (Wildman–Crippen LogP) is 4.66. The zero-order valence-corrected chi connectivity index (χ0v) is 15.8. The maximum Gasteiger partial charge on any atom is 0.262 e. The van der Waals surface area contributed by atoms with Gasteiger partial charge in [0.2, 0.25) is 0 Å². The number of nitrogens with one attached hydrogen (secondary N) is 1. The van der Waals surface area contributed by atoms with Crippen molar-refractivity contribution in [2.24, 2.45) is 0 Å². The van der Waals surface area contributed by atoms with Gasteiger partial charge in [-0.15, -0.1) is 0 Å². The van der Waals surface area contributed by atoms with E-state index in [1.165, 1.54) is 6.07 Å². The van der Waals surface area contributed by atoms with Gasteiger partial charge in [0, 0.05) is 6.07 Å². The third-order valence-electron chi connectivity index (χ3n) is 3.52. The largest absolute Gasteiger partial charge is 0.492 e. The Balaban J connectivity index is 2.34. The molecule has 0 saturated carbocycles. The van der Waals surface area contributed by atoms with E-state index in [9.17, 15) is 8.42 Å². The molecule has 0 radical (unpaired) electrons. The van der Waals surface area contributed by atoms with Crippen LogP contribution >= 0.6 is 15.9 Å². The van der Waals surface area contributed by atoms with Gasteiger partial charge in [0.05, 0.1) is 21.7 Å². The number of anilines is 1. The zero-order valence-electron chi connectivity index (χ0n) is 13.4. The highest BCUT2D eigenvalue weighted by Gasteiger charge is 2.17. The standard InChI is InChI=1S/C17H20BrNO3S/c1-4-10-22-17-11-14(8-9-15(17)18)23(20,21)19-16-7-5-6-12(2)13(16)3/h5-9,11,19H,4,10H2,1-3H3. The number of hydrogen-bond acceptors (Lipinski definition) is 3. The van der Waals surface area contributed by atoms with Gasteiger partial charge >= 0.3 is 0 Å². The van der Waals surface area contributed by atoms with Gasteiger partial charge < -0.3 is 4.74 Å². The van der Waals surface area contributed by atoms with Crippen LogP contribution in [0.2, 0.25) is 0 Å². The number of rotatable bonds is 6. The van der Waals surface area contributed by atoms with E-state index in [1.807, 2.05) is 32.9 Å². The molecule has 0 heterocycles. The topological polar surface area (TPSA) is 55.4 Å². The van der Waals surface area contributed by atoms with Crippen molar-refractivity contribution >= 4 is 31.6 Å². The smallest absolute Gasteiger partial charge is 0.262 e. The SMILES string of the molecule is CCCOc1cc(S(=O)(=O)Nc2cccc(C)c2C)ccc1Br. The molecule has 0 bridgehead atoms. The molecule has 23 heavy (non-hydrogen) atoms. The Bertz CT molecular complexity index is 803. The van der Waals surface area contributed by atoms with E-state index < -0.39 is 10.0 Å². The number of aryl methyl sites for hydroxylation is 1. The van der Waals surface area contributed by atoms with E-state index in [0.29, 0.717) is 18.0 Å². The van der Waals surface area contributed by atoms with Crippen LogP contribution in [-0.4, -0.2) is 15.0 Å². The minimum atomic E-state index is -3.67. The molecular weight excluding hydrogens is 378 g/mol. The Morgan fingerprint density at radius 2 is 1.91 bits per heavy atom. The fraction of sp³-hybridized carbons (Fsp3) is 0.294. The lowest BCUT2D eigenvalue weighted by atomic mass is 10.1. The molecule has 1 N–H and O–H groups in total. The highest BCUT2D eigenvalue weighted by atomic mass is 79.9. The van der Waals surface area contributed by atoms with Crippen molar-refractivity contribution in [1.82, 2.24) is 0 Å². The van der Waals surface area contributed by atoms with Crippen molar-refractivity contribution in [2.75, 3.05) is 11.3 Å². The molecular formula is C17H20BrNO3S. The van der Waals surface area contributed by atoms with Gasteiger partial charge in [-0.25, -0.2) is 8.42 Å². The van der Waals surface area contributed by atoms with E-state index in [1.54, 1.807) is 18.2 Å². The van der Waals surface area contributed by atoms with Gasteiger partial charge in [-0.2, -0.15) is 0 Å². The van der Waals surface area contributed by atoms with Gasteiger partial charge in [0.15, 0.2) is 0 Å². The Hall–Kier alpha value is -1.53. The summed E-state index contributed by atoms with van der Waals surface area (Å²) in [5.41, 5.74) is 2.53. The number of sulfonamides is 1. The van der Waals surface area contributed by atoms with Gasteiger partial charge in [0.1, 0.15) is 5.75 Å². The summed E-state index contributed by atoms with van der Waals surface area (Å²) in [6.07, 6.45) is 0.851. The summed E-state index contributed by atoms with van der Waals surface area (Å²) in [5, 5.41) is 0. The fourth-order valence-corrected chi connectivity index (χ4v) is 3.54. The monoisotopic (exact) mass is 397 g/mol. The summed E-state index contributed by atoms with van der Waals surface area (Å²) in [6.45, 7) is 6.37. The lowest BCUT2D eigenvalue weighted by molar-refractivity contribution is 0.314. The van der Waals surface area contributed by atoms with E-state index in [-0.39, 0.29) is 4.90 Å². The Morgan fingerprint density at radius 3 is 2.61 bits per heavy atom. The number of hydrogen-bond donors (Lipinski definition) is 1. The second kappa shape index (κ2) is 7.36. The molecule has 6 heteroatoms. The number of benzene rings is 2. The van der Waals surface area contributed by atoms with Crippen molar-refractivity contribution in [3.8, 4) is 5.75 Å². The van der Waals surface area contributed by atoms with Crippen LogP contribution in [0.1, 0.15) is 24.5 Å². The van der Waals surface area contributed by atoms with Crippen LogP contribution in [0.5, 0.6) is 5.75 Å². The van der Waals surface area contributed by atoms with E-state index in [2.05, 4.69) is 20.7 Å². The molecule has 4 nitrogen and oxygen atoms in total. The highest BCUT2D eigenvalue weighted by Crippen LogP contribution is 2.29. The molecule has 0 spiro atoms. The lowest BCUT2D eigenvalue weighted by Crippen LogP contribution is -2.14. The fourth-order valence-electron chi connectivity index (χ4n) is 2.04. The molecule has 2 aromatic carbocycles. The van der Waals surface area contributed by atoms with E-state index >= 15 is 0 Å². The van der Waals surface area contributed by atoms with Gasteiger partial charge in [-0.3, -0.25) is 4.72 Å². The third-order valence-corrected chi connectivity index (χ3v) is 5.54. The average Bonchev–Trinajstić information content (AvgIpc) is 2.50.